The molecule has 8 heteroatoms. The second-order valence-corrected chi connectivity index (χ2v) is 6.71. The van der Waals surface area contributed by atoms with Crippen LogP contribution in [0.3, 0.4) is 0 Å². The van der Waals surface area contributed by atoms with E-state index < -0.39 is 17.8 Å². The van der Waals surface area contributed by atoms with Crippen LogP contribution in [0, 0.1) is 0 Å². The number of hydrogen-bond donors (Lipinski definition) is 1. The van der Waals surface area contributed by atoms with Crippen molar-refractivity contribution in [1.82, 2.24) is 10.2 Å². The summed E-state index contributed by atoms with van der Waals surface area (Å²) in [6.07, 6.45) is 4.94. The molecular weight excluding hydrogens is 338 g/mol. The van der Waals surface area contributed by atoms with E-state index in [1.54, 1.807) is 6.07 Å². The molecule has 2 aliphatic heterocycles. The molecule has 1 N–H and O–H groups in total. The van der Waals surface area contributed by atoms with Crippen molar-refractivity contribution in [2.45, 2.75) is 31.7 Å². The van der Waals surface area contributed by atoms with E-state index >= 15 is 0 Å². The third kappa shape index (κ3) is 3.12. The zero-order valence-electron chi connectivity index (χ0n) is 14.4. The number of furan rings is 1. The maximum Gasteiger partial charge on any atom is 0.331 e. The zero-order chi connectivity index (χ0) is 18.1. The van der Waals surface area contributed by atoms with Gasteiger partial charge in [0, 0.05) is 25.2 Å². The highest BCUT2D eigenvalue weighted by Crippen LogP contribution is 2.28. The molecule has 138 valence electrons. The molecule has 1 saturated carbocycles. The zero-order valence-corrected chi connectivity index (χ0v) is 14.4. The molecule has 1 aromatic heterocycles. The second kappa shape index (κ2) is 6.95. The smallest absolute Gasteiger partial charge is 0.331 e. The summed E-state index contributed by atoms with van der Waals surface area (Å²) in [5, 5.41) is 2.27. The molecule has 8 nitrogen and oxygen atoms in total. The first-order valence-electron chi connectivity index (χ1n) is 8.96. The monoisotopic (exact) mass is 359 g/mol. The number of morpholine rings is 1. The Morgan fingerprint density at radius 2 is 1.81 bits per heavy atom. The molecule has 0 radical (unpaired) electrons. The average Bonchev–Trinajstić information content (AvgIpc) is 3.31. The quantitative estimate of drug-likeness (QED) is 0.650. The minimum absolute atomic E-state index is 0.0700. The van der Waals surface area contributed by atoms with Gasteiger partial charge in [0.2, 0.25) is 0 Å². The number of hydrogen-bond acceptors (Lipinski definition) is 6. The van der Waals surface area contributed by atoms with Crippen LogP contribution in [-0.2, 0) is 14.3 Å². The molecule has 3 fully saturated rings. The van der Waals surface area contributed by atoms with Crippen LogP contribution in [0.1, 0.15) is 31.4 Å². The third-order valence-electron chi connectivity index (χ3n) is 5.04. The molecular formula is C18H21N3O5. The molecule has 1 aromatic rings. The predicted octanol–water partition coefficient (Wildman–Crippen LogP) is 1.52. The number of rotatable bonds is 3. The SMILES string of the molecule is O=C1NC(=O)N(C2CCCC2)C(=O)/C1=C/c1ccc(N2CCOCC2)o1. The Morgan fingerprint density at radius 3 is 2.54 bits per heavy atom. The summed E-state index contributed by atoms with van der Waals surface area (Å²) >= 11 is 0. The van der Waals surface area contributed by atoms with Crippen LogP contribution >= 0.6 is 0 Å². The fourth-order valence-electron chi connectivity index (χ4n) is 3.68. The van der Waals surface area contributed by atoms with E-state index in [2.05, 4.69) is 5.32 Å². The number of imide groups is 2. The van der Waals surface area contributed by atoms with E-state index in [1.807, 2.05) is 11.0 Å². The number of nitrogens with one attached hydrogen (secondary N) is 1. The van der Waals surface area contributed by atoms with E-state index in [9.17, 15) is 14.4 Å². The van der Waals surface area contributed by atoms with Crippen molar-refractivity contribution in [3.05, 3.63) is 23.5 Å². The van der Waals surface area contributed by atoms with Gasteiger partial charge in [0.25, 0.3) is 11.8 Å². The summed E-state index contributed by atoms with van der Waals surface area (Å²) in [7, 11) is 0. The van der Waals surface area contributed by atoms with E-state index in [4.69, 9.17) is 9.15 Å². The fraction of sp³-hybridized carbons (Fsp3) is 0.500. The van der Waals surface area contributed by atoms with Crippen LogP contribution in [0.2, 0.25) is 0 Å². The van der Waals surface area contributed by atoms with Gasteiger partial charge < -0.3 is 14.1 Å². The average molecular weight is 359 g/mol. The lowest BCUT2D eigenvalue weighted by Gasteiger charge is -2.31. The number of nitrogens with zero attached hydrogens (tertiary/aromatic N) is 2. The van der Waals surface area contributed by atoms with Crippen molar-refractivity contribution in [3.8, 4) is 0 Å². The molecule has 0 atom stereocenters. The van der Waals surface area contributed by atoms with Crippen molar-refractivity contribution in [1.29, 1.82) is 0 Å². The Morgan fingerprint density at radius 1 is 1.08 bits per heavy atom. The summed E-state index contributed by atoms with van der Waals surface area (Å²) in [6.45, 7) is 2.73. The lowest BCUT2D eigenvalue weighted by atomic mass is 10.1. The first-order chi connectivity index (χ1) is 12.6. The Kier molecular flexibility index (Phi) is 4.50. The largest absolute Gasteiger partial charge is 0.441 e. The van der Waals surface area contributed by atoms with Gasteiger partial charge in [0.05, 0.1) is 13.2 Å². The summed E-state index contributed by atoms with van der Waals surface area (Å²) in [5.74, 6) is -0.146. The van der Waals surface area contributed by atoms with Crippen molar-refractivity contribution < 1.29 is 23.5 Å². The standard InChI is InChI=1S/C18H21N3O5/c22-16-14(17(23)21(18(24)19-16)12-3-1-2-4-12)11-13-5-6-15(26-13)20-7-9-25-10-8-20/h5-6,11-12H,1-4,7-10H2,(H,19,22,24)/b14-11+. The number of barbiturate groups is 1. The first-order valence-corrected chi connectivity index (χ1v) is 8.96. The molecule has 3 aliphatic rings. The van der Waals surface area contributed by atoms with Crippen molar-refractivity contribution in [2.75, 3.05) is 31.2 Å². The van der Waals surface area contributed by atoms with Crippen LogP contribution in [0.15, 0.2) is 22.1 Å². The highest BCUT2D eigenvalue weighted by Gasteiger charge is 2.40. The summed E-state index contributed by atoms with van der Waals surface area (Å²) in [4.78, 5) is 40.3. The predicted molar refractivity (Wildman–Crippen MR) is 92.4 cm³/mol. The van der Waals surface area contributed by atoms with Crippen molar-refractivity contribution in [3.63, 3.8) is 0 Å². The van der Waals surface area contributed by atoms with Gasteiger partial charge in [-0.05, 0) is 25.0 Å². The Bertz CT molecular complexity index is 757. The van der Waals surface area contributed by atoms with Gasteiger partial charge >= 0.3 is 6.03 Å². The van der Waals surface area contributed by atoms with Gasteiger partial charge in [-0.25, -0.2) is 4.79 Å². The molecule has 4 amide bonds. The third-order valence-corrected chi connectivity index (χ3v) is 5.04. The molecule has 2 saturated heterocycles. The molecule has 0 spiro atoms. The molecule has 0 aromatic carbocycles. The van der Waals surface area contributed by atoms with Crippen molar-refractivity contribution in [2.24, 2.45) is 0 Å². The number of carbonyl (C=O) groups excluding carboxylic acids is 3. The van der Waals surface area contributed by atoms with E-state index in [0.29, 0.717) is 24.9 Å². The normalized spacial score (nSPS) is 23.8. The van der Waals surface area contributed by atoms with E-state index in [0.717, 1.165) is 38.8 Å². The fourth-order valence-corrected chi connectivity index (χ4v) is 3.68. The molecule has 4 rings (SSSR count). The number of ether oxygens (including phenoxy) is 1. The number of anilines is 1. The topological polar surface area (TPSA) is 92.1 Å². The Hall–Kier alpha value is -2.61. The van der Waals surface area contributed by atoms with E-state index in [-0.39, 0.29) is 11.6 Å². The Labute approximate surface area is 150 Å². The van der Waals surface area contributed by atoms with E-state index in [1.165, 1.54) is 11.0 Å². The van der Waals surface area contributed by atoms with Crippen LogP contribution in [0.5, 0.6) is 0 Å². The second-order valence-electron chi connectivity index (χ2n) is 6.71. The van der Waals surface area contributed by atoms with Crippen LogP contribution < -0.4 is 10.2 Å². The molecule has 1 aliphatic carbocycles. The lowest BCUT2D eigenvalue weighted by Crippen LogP contribution is -2.57. The Balaban J connectivity index is 1.57. The van der Waals surface area contributed by atoms with Gasteiger partial charge in [0.15, 0.2) is 5.88 Å². The minimum atomic E-state index is -0.682. The first kappa shape index (κ1) is 16.8. The molecule has 0 unspecified atom stereocenters. The van der Waals surface area contributed by atoms with Gasteiger partial charge in [-0.15, -0.1) is 0 Å². The van der Waals surface area contributed by atoms with Crippen LogP contribution in [0.4, 0.5) is 10.7 Å². The lowest BCUT2D eigenvalue weighted by molar-refractivity contribution is -0.131. The summed E-state index contributed by atoms with van der Waals surface area (Å²) < 4.78 is 11.1. The van der Waals surface area contributed by atoms with Crippen LogP contribution in [0.25, 0.3) is 6.08 Å². The number of urea groups is 1. The maximum absolute atomic E-state index is 12.8. The highest BCUT2D eigenvalue weighted by atomic mass is 16.5. The van der Waals surface area contributed by atoms with Crippen molar-refractivity contribution >= 4 is 29.8 Å². The van der Waals surface area contributed by atoms with Gasteiger partial charge in [0.1, 0.15) is 11.3 Å². The number of carbonyl (C=O) groups is 3. The highest BCUT2D eigenvalue weighted by molar-refractivity contribution is 6.31. The van der Waals surface area contributed by atoms with Crippen LogP contribution in [-0.4, -0.2) is 55.1 Å². The maximum atomic E-state index is 12.8. The van der Waals surface area contributed by atoms with Gasteiger partial charge in [-0.3, -0.25) is 19.8 Å². The molecule has 26 heavy (non-hydrogen) atoms. The van der Waals surface area contributed by atoms with Gasteiger partial charge in [-0.2, -0.15) is 0 Å². The summed E-state index contributed by atoms with van der Waals surface area (Å²) in [5.41, 5.74) is -0.0700. The molecule has 0 bridgehead atoms. The minimum Gasteiger partial charge on any atom is -0.441 e. The summed E-state index contributed by atoms with van der Waals surface area (Å²) in [6, 6.07) is 2.76. The number of amides is 4. The van der Waals surface area contributed by atoms with Gasteiger partial charge in [-0.1, -0.05) is 12.8 Å². The molecule has 3 heterocycles.